The fourth-order valence-corrected chi connectivity index (χ4v) is 1.83. The molecule has 0 amide bonds. The first kappa shape index (κ1) is 13.3. The molecule has 0 N–H and O–H groups in total. The number of hydrogen-bond acceptors (Lipinski definition) is 1. The van der Waals surface area contributed by atoms with E-state index in [2.05, 4.69) is 0 Å². The van der Waals surface area contributed by atoms with Gasteiger partial charge in [-0.3, -0.25) is 0 Å². The number of halogens is 4. The van der Waals surface area contributed by atoms with Gasteiger partial charge in [0.25, 0.3) is 0 Å². The minimum atomic E-state index is -4.68. The van der Waals surface area contributed by atoms with Crippen molar-refractivity contribution >= 4 is 0 Å². The summed E-state index contributed by atoms with van der Waals surface area (Å²) >= 11 is 0. The van der Waals surface area contributed by atoms with Crippen molar-refractivity contribution < 1.29 is 22.3 Å². The van der Waals surface area contributed by atoms with Crippen LogP contribution in [0.2, 0.25) is 0 Å². The number of alkyl halides is 3. The Hall–Kier alpha value is -2.11. The number of aryl methyl sites for hydroxylation is 1. The van der Waals surface area contributed by atoms with E-state index in [4.69, 9.17) is 0 Å². The van der Waals surface area contributed by atoms with Crippen LogP contribution in [0.4, 0.5) is 17.6 Å². The third-order valence-corrected chi connectivity index (χ3v) is 2.72. The van der Waals surface area contributed by atoms with Gasteiger partial charge in [-0.05, 0) is 30.7 Å². The number of rotatable bonds is 1. The van der Waals surface area contributed by atoms with E-state index in [0.29, 0.717) is 5.56 Å². The largest absolute Gasteiger partial charge is 0.618 e. The summed E-state index contributed by atoms with van der Waals surface area (Å²) in [6.07, 6.45) is -3.73. The van der Waals surface area contributed by atoms with Crippen molar-refractivity contribution in [1.82, 2.24) is 0 Å². The van der Waals surface area contributed by atoms with Gasteiger partial charge in [0.05, 0.1) is 5.56 Å². The molecule has 0 saturated heterocycles. The molecule has 0 atom stereocenters. The first-order valence-corrected chi connectivity index (χ1v) is 5.36. The molecule has 1 aromatic carbocycles. The molecule has 0 bridgehead atoms. The molecule has 0 radical (unpaired) electrons. The fraction of sp³-hybridized carbons (Fsp3) is 0.154. The predicted molar refractivity (Wildman–Crippen MR) is 60.5 cm³/mol. The number of benzene rings is 1. The van der Waals surface area contributed by atoms with Crippen molar-refractivity contribution in [1.29, 1.82) is 0 Å². The summed E-state index contributed by atoms with van der Waals surface area (Å²) in [5.74, 6) is -0.697. The molecular formula is C13H9F4NO. The Morgan fingerprint density at radius 2 is 1.84 bits per heavy atom. The maximum absolute atomic E-state index is 13.2. The molecular weight excluding hydrogens is 262 g/mol. The van der Waals surface area contributed by atoms with Crippen molar-refractivity contribution in [3.8, 4) is 11.3 Å². The van der Waals surface area contributed by atoms with Crippen LogP contribution in [0.5, 0.6) is 0 Å². The van der Waals surface area contributed by atoms with Crippen LogP contribution in [-0.4, -0.2) is 0 Å². The van der Waals surface area contributed by atoms with Gasteiger partial charge in [0.2, 0.25) is 5.69 Å². The van der Waals surface area contributed by atoms with Crippen LogP contribution in [0, 0.1) is 17.9 Å². The van der Waals surface area contributed by atoms with Gasteiger partial charge in [0.1, 0.15) is 11.4 Å². The normalized spacial score (nSPS) is 11.6. The highest BCUT2D eigenvalue weighted by Gasteiger charge is 2.38. The second kappa shape index (κ2) is 4.53. The lowest BCUT2D eigenvalue weighted by atomic mass is 10.0. The van der Waals surface area contributed by atoms with E-state index in [1.165, 1.54) is 13.0 Å². The molecule has 0 fully saturated rings. The average molecular weight is 271 g/mol. The summed E-state index contributed by atoms with van der Waals surface area (Å²) in [6.45, 7) is 1.52. The first-order valence-electron chi connectivity index (χ1n) is 5.36. The van der Waals surface area contributed by atoms with E-state index in [-0.39, 0.29) is 10.3 Å². The summed E-state index contributed by atoms with van der Waals surface area (Å²) in [4.78, 5) is 0. The van der Waals surface area contributed by atoms with Gasteiger partial charge in [-0.25, -0.2) is 4.39 Å². The molecule has 1 aromatic heterocycles. The summed E-state index contributed by atoms with van der Waals surface area (Å²) in [5.41, 5.74) is -1.35. The molecule has 1 heterocycles. The molecule has 0 aliphatic carbocycles. The van der Waals surface area contributed by atoms with Gasteiger partial charge in [-0.1, -0.05) is 6.07 Å². The van der Waals surface area contributed by atoms with E-state index >= 15 is 0 Å². The van der Waals surface area contributed by atoms with Crippen LogP contribution in [0.1, 0.15) is 11.1 Å². The summed E-state index contributed by atoms with van der Waals surface area (Å²) in [5, 5.41) is 11.6. The number of pyridine rings is 1. The zero-order valence-electron chi connectivity index (χ0n) is 9.83. The molecule has 100 valence electrons. The molecule has 0 aliphatic rings. The Morgan fingerprint density at radius 3 is 2.47 bits per heavy atom. The zero-order chi connectivity index (χ0) is 14.2. The topological polar surface area (TPSA) is 26.9 Å². The molecule has 2 nitrogen and oxygen atoms in total. The molecule has 19 heavy (non-hydrogen) atoms. The lowest BCUT2D eigenvalue weighted by Crippen LogP contribution is -2.32. The van der Waals surface area contributed by atoms with Crippen LogP contribution in [0.15, 0.2) is 36.5 Å². The van der Waals surface area contributed by atoms with Crippen LogP contribution in [0.3, 0.4) is 0 Å². The minimum Gasteiger partial charge on any atom is -0.618 e. The monoisotopic (exact) mass is 271 g/mol. The maximum atomic E-state index is 13.2. The summed E-state index contributed by atoms with van der Waals surface area (Å²) in [7, 11) is 0. The molecule has 2 rings (SSSR count). The van der Waals surface area contributed by atoms with Gasteiger partial charge in [0.15, 0.2) is 6.20 Å². The number of hydrogen-bond donors (Lipinski definition) is 0. The Morgan fingerprint density at radius 1 is 1.16 bits per heavy atom. The van der Waals surface area contributed by atoms with Gasteiger partial charge in [-0.15, -0.1) is 0 Å². The second-order valence-corrected chi connectivity index (χ2v) is 4.05. The molecule has 0 aliphatic heterocycles. The lowest BCUT2D eigenvalue weighted by molar-refractivity contribution is -0.594. The number of nitrogens with zero attached hydrogens (tertiary/aromatic N) is 1. The third-order valence-electron chi connectivity index (χ3n) is 2.72. The molecule has 6 heteroatoms. The first-order chi connectivity index (χ1) is 8.80. The van der Waals surface area contributed by atoms with Gasteiger partial charge in [0, 0.05) is 6.07 Å². The average Bonchev–Trinajstić information content (AvgIpc) is 2.31. The van der Waals surface area contributed by atoms with Crippen LogP contribution < -0.4 is 4.73 Å². The Labute approximate surface area is 106 Å². The third kappa shape index (κ3) is 2.52. The standard InChI is InChI=1S/C13H9F4NO/c1-8-4-5-9(14)7-10(8)12-11(13(15,16)17)3-2-6-18(12)19/h2-7H,1H3. The fourth-order valence-electron chi connectivity index (χ4n) is 1.83. The van der Waals surface area contributed by atoms with Crippen molar-refractivity contribution in [3.05, 3.63) is 58.7 Å². The van der Waals surface area contributed by atoms with Crippen LogP contribution in [0.25, 0.3) is 11.3 Å². The smallest absolute Gasteiger partial charge is 0.422 e. The van der Waals surface area contributed by atoms with E-state index in [9.17, 15) is 22.8 Å². The summed E-state index contributed by atoms with van der Waals surface area (Å²) < 4.78 is 52.0. The second-order valence-electron chi connectivity index (χ2n) is 4.05. The van der Waals surface area contributed by atoms with Crippen molar-refractivity contribution in [3.63, 3.8) is 0 Å². The van der Waals surface area contributed by atoms with Crippen molar-refractivity contribution in [2.45, 2.75) is 13.1 Å². The highest BCUT2D eigenvalue weighted by molar-refractivity contribution is 5.64. The van der Waals surface area contributed by atoms with Gasteiger partial charge < -0.3 is 5.21 Å². The van der Waals surface area contributed by atoms with E-state index in [0.717, 1.165) is 30.5 Å². The van der Waals surface area contributed by atoms with Crippen LogP contribution >= 0.6 is 0 Å². The van der Waals surface area contributed by atoms with Crippen LogP contribution in [-0.2, 0) is 6.18 Å². The van der Waals surface area contributed by atoms with E-state index in [1.54, 1.807) is 0 Å². The molecule has 0 saturated carbocycles. The lowest BCUT2D eigenvalue weighted by Gasteiger charge is -2.13. The Balaban J connectivity index is 2.78. The van der Waals surface area contributed by atoms with Gasteiger partial charge in [-0.2, -0.15) is 17.9 Å². The Bertz CT molecular complexity index is 623. The van der Waals surface area contributed by atoms with E-state index in [1.807, 2.05) is 0 Å². The highest BCUT2D eigenvalue weighted by Crippen LogP contribution is 2.36. The van der Waals surface area contributed by atoms with E-state index < -0.39 is 23.3 Å². The van der Waals surface area contributed by atoms with Crippen molar-refractivity contribution in [2.24, 2.45) is 0 Å². The highest BCUT2D eigenvalue weighted by atomic mass is 19.4. The molecule has 2 aromatic rings. The molecule has 0 spiro atoms. The quantitative estimate of drug-likeness (QED) is 0.443. The van der Waals surface area contributed by atoms with Gasteiger partial charge >= 0.3 is 6.18 Å². The maximum Gasteiger partial charge on any atom is 0.422 e. The minimum absolute atomic E-state index is 0.0667. The molecule has 0 unspecified atom stereocenters. The Kier molecular flexibility index (Phi) is 3.18. The number of aromatic nitrogens is 1. The van der Waals surface area contributed by atoms with Crippen molar-refractivity contribution in [2.75, 3.05) is 0 Å². The summed E-state index contributed by atoms with van der Waals surface area (Å²) in [6, 6.07) is 5.19. The zero-order valence-corrected chi connectivity index (χ0v) is 9.83. The SMILES string of the molecule is Cc1ccc(F)cc1-c1c(C(F)(F)F)ccc[n+]1[O-]. The predicted octanol–water partition coefficient (Wildman–Crippen LogP) is 3.45.